The molecule has 1 aliphatic rings. The number of carbonyl (C=O) groups is 1. The van der Waals surface area contributed by atoms with Crippen LogP contribution in [-0.4, -0.2) is 38.4 Å². The Morgan fingerprint density at radius 3 is 3.13 bits per heavy atom. The molecule has 1 N–H and O–H groups in total. The van der Waals surface area contributed by atoms with Gasteiger partial charge in [0.25, 0.3) is 0 Å². The zero-order valence-corrected chi connectivity index (χ0v) is 8.99. The second-order valence-corrected chi connectivity index (χ2v) is 3.44. The van der Waals surface area contributed by atoms with Crippen LogP contribution in [-0.2, 0) is 14.3 Å². The van der Waals surface area contributed by atoms with E-state index in [0.29, 0.717) is 26.4 Å². The van der Waals surface area contributed by atoms with Gasteiger partial charge in [0.05, 0.1) is 19.8 Å². The maximum Gasteiger partial charge on any atom is 0.323 e. The summed E-state index contributed by atoms with van der Waals surface area (Å²) in [5.74, 6) is 2.40. The third-order valence-electron chi connectivity index (χ3n) is 2.40. The number of carbonyl (C=O) groups excluding carboxylic acids is 1. The van der Waals surface area contributed by atoms with E-state index in [0.717, 1.165) is 6.42 Å². The first-order chi connectivity index (χ1) is 7.29. The monoisotopic (exact) mass is 211 g/mol. The van der Waals surface area contributed by atoms with Crippen LogP contribution in [0.3, 0.4) is 0 Å². The molecule has 0 spiro atoms. The van der Waals surface area contributed by atoms with Crippen LogP contribution in [0.25, 0.3) is 0 Å². The van der Waals surface area contributed by atoms with Gasteiger partial charge >= 0.3 is 5.97 Å². The lowest BCUT2D eigenvalue weighted by Gasteiger charge is -2.20. The largest absolute Gasteiger partial charge is 0.465 e. The summed E-state index contributed by atoms with van der Waals surface area (Å²) in [6.45, 7) is 3.86. The van der Waals surface area contributed by atoms with Gasteiger partial charge in [-0.15, -0.1) is 6.42 Å². The number of nitrogens with one attached hydrogen (secondary N) is 1. The van der Waals surface area contributed by atoms with Crippen LogP contribution in [0.2, 0.25) is 0 Å². The highest BCUT2D eigenvalue weighted by molar-refractivity contribution is 5.76. The van der Waals surface area contributed by atoms with Crippen molar-refractivity contribution < 1.29 is 14.3 Å². The molecule has 0 saturated carbocycles. The van der Waals surface area contributed by atoms with Gasteiger partial charge in [-0.1, -0.05) is 5.92 Å². The molecular formula is C11H17NO3. The Bertz CT molecular complexity index is 241. The fourth-order valence-corrected chi connectivity index (χ4v) is 1.66. The van der Waals surface area contributed by atoms with Crippen molar-refractivity contribution in [2.75, 3.05) is 26.4 Å². The molecule has 15 heavy (non-hydrogen) atoms. The van der Waals surface area contributed by atoms with Crippen molar-refractivity contribution in [3.63, 3.8) is 0 Å². The summed E-state index contributed by atoms with van der Waals surface area (Å²) in [6.07, 6.45) is 6.03. The van der Waals surface area contributed by atoms with Crippen LogP contribution in [0.5, 0.6) is 0 Å². The van der Waals surface area contributed by atoms with E-state index < -0.39 is 0 Å². The Morgan fingerprint density at radius 1 is 1.80 bits per heavy atom. The van der Waals surface area contributed by atoms with E-state index in [2.05, 4.69) is 11.2 Å². The van der Waals surface area contributed by atoms with Gasteiger partial charge in [0.2, 0.25) is 0 Å². The van der Waals surface area contributed by atoms with Gasteiger partial charge in [0.15, 0.2) is 0 Å². The molecule has 0 aromatic heterocycles. The van der Waals surface area contributed by atoms with Crippen LogP contribution in [0.1, 0.15) is 13.3 Å². The summed E-state index contributed by atoms with van der Waals surface area (Å²) in [6, 6.07) is -0.330. The van der Waals surface area contributed by atoms with Crippen molar-refractivity contribution in [1.29, 1.82) is 0 Å². The minimum Gasteiger partial charge on any atom is -0.465 e. The van der Waals surface area contributed by atoms with Crippen LogP contribution < -0.4 is 5.32 Å². The molecule has 2 unspecified atom stereocenters. The van der Waals surface area contributed by atoms with Crippen molar-refractivity contribution >= 4 is 5.97 Å². The van der Waals surface area contributed by atoms with Crippen molar-refractivity contribution in [2.24, 2.45) is 5.92 Å². The lowest BCUT2D eigenvalue weighted by molar-refractivity contribution is -0.147. The highest BCUT2D eigenvalue weighted by Crippen LogP contribution is 2.17. The SMILES string of the molecule is C#CCNC(C(=O)OCC)C1CCOC1. The summed E-state index contributed by atoms with van der Waals surface area (Å²) in [4.78, 5) is 11.6. The summed E-state index contributed by atoms with van der Waals surface area (Å²) in [5, 5.41) is 3.01. The standard InChI is InChI=1S/C11H17NO3/c1-3-6-12-10(11(13)15-4-2)9-5-7-14-8-9/h1,9-10,12H,4-8H2,2H3. The Kier molecular flexibility index (Phi) is 5.16. The molecule has 4 heteroatoms. The first-order valence-corrected chi connectivity index (χ1v) is 5.20. The minimum absolute atomic E-state index is 0.178. The van der Waals surface area contributed by atoms with E-state index in [9.17, 15) is 4.79 Å². The maximum atomic E-state index is 11.6. The highest BCUT2D eigenvalue weighted by atomic mass is 16.5. The average Bonchev–Trinajstić information content (AvgIpc) is 2.72. The van der Waals surface area contributed by atoms with Crippen molar-refractivity contribution in [3.05, 3.63) is 0 Å². The van der Waals surface area contributed by atoms with E-state index in [-0.39, 0.29) is 17.9 Å². The number of hydrogen-bond donors (Lipinski definition) is 1. The molecule has 1 heterocycles. The van der Waals surface area contributed by atoms with Gasteiger partial charge in [-0.25, -0.2) is 0 Å². The number of ether oxygens (including phenoxy) is 2. The molecule has 1 rings (SSSR count). The van der Waals surface area contributed by atoms with E-state index in [1.165, 1.54) is 0 Å². The van der Waals surface area contributed by atoms with Crippen LogP contribution >= 0.6 is 0 Å². The smallest absolute Gasteiger partial charge is 0.323 e. The molecule has 0 radical (unpaired) electrons. The molecule has 2 atom stereocenters. The maximum absolute atomic E-state index is 11.6. The van der Waals surface area contributed by atoms with Gasteiger partial charge < -0.3 is 9.47 Å². The lowest BCUT2D eigenvalue weighted by atomic mass is 9.99. The molecule has 0 aromatic rings. The number of esters is 1. The first-order valence-electron chi connectivity index (χ1n) is 5.20. The molecular weight excluding hydrogens is 194 g/mol. The quantitative estimate of drug-likeness (QED) is 0.520. The Hall–Kier alpha value is -1.05. The molecule has 0 aromatic carbocycles. The van der Waals surface area contributed by atoms with Crippen LogP contribution in [0.4, 0.5) is 0 Å². The van der Waals surface area contributed by atoms with E-state index >= 15 is 0 Å². The fourth-order valence-electron chi connectivity index (χ4n) is 1.66. The Labute approximate surface area is 90.3 Å². The average molecular weight is 211 g/mol. The zero-order valence-electron chi connectivity index (χ0n) is 8.99. The zero-order chi connectivity index (χ0) is 11.1. The molecule has 0 aliphatic carbocycles. The van der Waals surface area contributed by atoms with Gasteiger partial charge in [0.1, 0.15) is 6.04 Å². The minimum atomic E-state index is -0.330. The van der Waals surface area contributed by atoms with Gasteiger partial charge in [-0.05, 0) is 13.3 Å². The summed E-state index contributed by atoms with van der Waals surface area (Å²) >= 11 is 0. The molecule has 1 fully saturated rings. The number of terminal acetylenes is 1. The van der Waals surface area contributed by atoms with Gasteiger partial charge in [-0.2, -0.15) is 0 Å². The summed E-state index contributed by atoms with van der Waals surface area (Å²) in [7, 11) is 0. The highest BCUT2D eigenvalue weighted by Gasteiger charge is 2.31. The lowest BCUT2D eigenvalue weighted by Crippen LogP contribution is -2.44. The summed E-state index contributed by atoms with van der Waals surface area (Å²) < 4.78 is 10.2. The van der Waals surface area contributed by atoms with Crippen LogP contribution in [0, 0.1) is 18.3 Å². The topological polar surface area (TPSA) is 47.6 Å². The van der Waals surface area contributed by atoms with E-state index in [4.69, 9.17) is 15.9 Å². The Morgan fingerprint density at radius 2 is 2.60 bits per heavy atom. The van der Waals surface area contributed by atoms with Gasteiger partial charge in [0, 0.05) is 12.5 Å². The second kappa shape index (κ2) is 6.44. The van der Waals surface area contributed by atoms with Gasteiger partial charge in [-0.3, -0.25) is 10.1 Å². The van der Waals surface area contributed by atoms with Crippen LogP contribution in [0.15, 0.2) is 0 Å². The Balaban J connectivity index is 2.51. The second-order valence-electron chi connectivity index (χ2n) is 3.44. The number of rotatable bonds is 5. The van der Waals surface area contributed by atoms with Crippen molar-refractivity contribution in [2.45, 2.75) is 19.4 Å². The predicted molar refractivity (Wildman–Crippen MR) is 56.2 cm³/mol. The van der Waals surface area contributed by atoms with Crippen molar-refractivity contribution in [3.8, 4) is 12.3 Å². The normalized spacial score (nSPS) is 22.0. The predicted octanol–water partition coefficient (Wildman–Crippen LogP) is 0.177. The molecule has 4 nitrogen and oxygen atoms in total. The number of hydrogen-bond acceptors (Lipinski definition) is 4. The third kappa shape index (κ3) is 3.54. The molecule has 84 valence electrons. The first kappa shape index (κ1) is 12.0. The third-order valence-corrected chi connectivity index (χ3v) is 2.40. The molecule has 0 amide bonds. The van der Waals surface area contributed by atoms with Crippen molar-refractivity contribution in [1.82, 2.24) is 5.32 Å². The van der Waals surface area contributed by atoms with E-state index in [1.54, 1.807) is 6.92 Å². The fraction of sp³-hybridized carbons (Fsp3) is 0.727. The molecule has 0 bridgehead atoms. The molecule has 1 saturated heterocycles. The summed E-state index contributed by atoms with van der Waals surface area (Å²) in [5.41, 5.74) is 0. The van der Waals surface area contributed by atoms with E-state index in [1.807, 2.05) is 0 Å². The molecule has 1 aliphatic heterocycles.